The highest BCUT2D eigenvalue weighted by Gasteiger charge is 2.23. The first kappa shape index (κ1) is 15.7. The Hall–Kier alpha value is -2.21. The predicted octanol–water partition coefficient (Wildman–Crippen LogP) is 3.30. The summed E-state index contributed by atoms with van der Waals surface area (Å²) in [5.74, 6) is 0.619. The van der Waals surface area contributed by atoms with Crippen molar-refractivity contribution in [3.8, 4) is 0 Å². The van der Waals surface area contributed by atoms with Crippen LogP contribution in [-0.4, -0.2) is 42.3 Å². The molecule has 0 aliphatic carbocycles. The van der Waals surface area contributed by atoms with Gasteiger partial charge in [0.2, 0.25) is 0 Å². The second kappa shape index (κ2) is 6.50. The van der Waals surface area contributed by atoms with Gasteiger partial charge in [0, 0.05) is 36.9 Å². The smallest absolute Gasteiger partial charge is 0.322 e. The monoisotopic (exact) mass is 334 g/mol. The molecular formula is C16H19ClN4O2. The van der Waals surface area contributed by atoms with E-state index in [1.54, 1.807) is 11.8 Å². The Balaban J connectivity index is 1.59. The SMILES string of the molecule is Cc1noc(C)c1NC(=O)N1CCN(c2cccc(Cl)c2)CC1. The van der Waals surface area contributed by atoms with Gasteiger partial charge in [0.05, 0.1) is 0 Å². The third-order valence-corrected chi connectivity index (χ3v) is 4.24. The Morgan fingerprint density at radius 2 is 2.00 bits per heavy atom. The van der Waals surface area contributed by atoms with Crippen LogP contribution in [0.4, 0.5) is 16.2 Å². The zero-order chi connectivity index (χ0) is 16.4. The number of anilines is 2. The molecule has 1 saturated heterocycles. The molecule has 3 rings (SSSR count). The average molecular weight is 335 g/mol. The van der Waals surface area contributed by atoms with Crippen LogP contribution in [-0.2, 0) is 0 Å². The van der Waals surface area contributed by atoms with Crippen molar-refractivity contribution < 1.29 is 9.32 Å². The summed E-state index contributed by atoms with van der Waals surface area (Å²) in [5, 5.41) is 7.45. The number of carbonyl (C=O) groups excluding carboxylic acids is 1. The summed E-state index contributed by atoms with van der Waals surface area (Å²) >= 11 is 6.04. The van der Waals surface area contributed by atoms with Crippen LogP contribution in [0, 0.1) is 13.8 Å². The van der Waals surface area contributed by atoms with Gasteiger partial charge in [0.1, 0.15) is 11.4 Å². The van der Waals surface area contributed by atoms with E-state index in [4.69, 9.17) is 16.1 Å². The number of carbonyl (C=O) groups is 1. The van der Waals surface area contributed by atoms with E-state index in [9.17, 15) is 4.79 Å². The predicted molar refractivity (Wildman–Crippen MR) is 90.2 cm³/mol. The molecule has 0 spiro atoms. The van der Waals surface area contributed by atoms with E-state index >= 15 is 0 Å². The Labute approximate surface area is 140 Å². The number of nitrogens with one attached hydrogen (secondary N) is 1. The maximum absolute atomic E-state index is 12.4. The van der Waals surface area contributed by atoms with Crippen LogP contribution in [0.15, 0.2) is 28.8 Å². The standard InChI is InChI=1S/C16H19ClN4O2/c1-11-15(12(2)23-19-11)18-16(22)21-8-6-20(7-9-21)14-5-3-4-13(17)10-14/h3-5,10H,6-9H2,1-2H3,(H,18,22). The molecule has 23 heavy (non-hydrogen) atoms. The molecule has 0 saturated carbocycles. The van der Waals surface area contributed by atoms with Gasteiger partial charge in [-0.2, -0.15) is 0 Å². The highest BCUT2D eigenvalue weighted by Crippen LogP contribution is 2.22. The van der Waals surface area contributed by atoms with E-state index in [0.717, 1.165) is 23.8 Å². The number of urea groups is 1. The molecule has 2 aromatic rings. The third-order valence-electron chi connectivity index (χ3n) is 4.01. The maximum atomic E-state index is 12.4. The normalized spacial score (nSPS) is 14.9. The number of aromatic nitrogens is 1. The molecule has 0 radical (unpaired) electrons. The Bertz CT molecular complexity index is 688. The summed E-state index contributed by atoms with van der Waals surface area (Å²) in [4.78, 5) is 16.4. The fourth-order valence-corrected chi connectivity index (χ4v) is 2.87. The molecule has 122 valence electrons. The van der Waals surface area contributed by atoms with Crippen molar-refractivity contribution in [1.82, 2.24) is 10.1 Å². The quantitative estimate of drug-likeness (QED) is 0.915. The second-order valence-corrected chi connectivity index (χ2v) is 6.02. The minimum absolute atomic E-state index is 0.120. The molecule has 1 aliphatic rings. The molecule has 1 fully saturated rings. The van der Waals surface area contributed by atoms with E-state index in [2.05, 4.69) is 15.4 Å². The highest BCUT2D eigenvalue weighted by atomic mass is 35.5. The summed E-state index contributed by atoms with van der Waals surface area (Å²) in [6.07, 6.45) is 0. The molecule has 0 unspecified atom stereocenters. The first-order chi connectivity index (χ1) is 11.0. The molecule has 6 nitrogen and oxygen atoms in total. The summed E-state index contributed by atoms with van der Waals surface area (Å²) < 4.78 is 5.07. The molecule has 7 heteroatoms. The third kappa shape index (κ3) is 3.42. The van der Waals surface area contributed by atoms with E-state index in [1.807, 2.05) is 31.2 Å². The van der Waals surface area contributed by atoms with Gasteiger partial charge in [-0.25, -0.2) is 4.79 Å². The van der Waals surface area contributed by atoms with E-state index < -0.39 is 0 Å². The molecule has 2 amide bonds. The Kier molecular flexibility index (Phi) is 4.43. The molecular weight excluding hydrogens is 316 g/mol. The van der Waals surface area contributed by atoms with Crippen molar-refractivity contribution in [2.24, 2.45) is 0 Å². The average Bonchev–Trinajstić information content (AvgIpc) is 2.87. The maximum Gasteiger partial charge on any atom is 0.322 e. The minimum atomic E-state index is -0.120. The number of nitrogens with zero attached hydrogens (tertiary/aromatic N) is 3. The highest BCUT2D eigenvalue weighted by molar-refractivity contribution is 6.30. The van der Waals surface area contributed by atoms with Gasteiger partial charge in [-0.3, -0.25) is 0 Å². The van der Waals surface area contributed by atoms with Crippen LogP contribution in [0.5, 0.6) is 0 Å². The number of piperazine rings is 1. The summed E-state index contributed by atoms with van der Waals surface area (Å²) in [5.41, 5.74) is 2.43. The van der Waals surface area contributed by atoms with Crippen LogP contribution in [0.2, 0.25) is 5.02 Å². The van der Waals surface area contributed by atoms with Crippen LogP contribution >= 0.6 is 11.6 Å². The van der Waals surface area contributed by atoms with Crippen molar-refractivity contribution in [3.05, 3.63) is 40.7 Å². The van der Waals surface area contributed by atoms with Crippen molar-refractivity contribution in [1.29, 1.82) is 0 Å². The van der Waals surface area contributed by atoms with Crippen LogP contribution in [0.1, 0.15) is 11.5 Å². The van der Waals surface area contributed by atoms with Gasteiger partial charge in [-0.05, 0) is 32.0 Å². The van der Waals surface area contributed by atoms with Crippen molar-refractivity contribution >= 4 is 29.0 Å². The summed E-state index contributed by atoms with van der Waals surface area (Å²) in [7, 11) is 0. The van der Waals surface area contributed by atoms with Gasteiger partial charge in [-0.1, -0.05) is 22.8 Å². The fraction of sp³-hybridized carbons (Fsp3) is 0.375. The number of hydrogen-bond acceptors (Lipinski definition) is 4. The van der Waals surface area contributed by atoms with Gasteiger partial charge in [-0.15, -0.1) is 0 Å². The lowest BCUT2D eigenvalue weighted by Gasteiger charge is -2.36. The molecule has 1 aromatic carbocycles. The molecule has 1 aliphatic heterocycles. The number of rotatable bonds is 2. The Morgan fingerprint density at radius 1 is 1.26 bits per heavy atom. The number of amides is 2. The fourth-order valence-electron chi connectivity index (χ4n) is 2.69. The minimum Gasteiger partial charge on any atom is -0.368 e. The van der Waals surface area contributed by atoms with Crippen molar-refractivity contribution in [3.63, 3.8) is 0 Å². The van der Waals surface area contributed by atoms with Gasteiger partial charge < -0.3 is 19.6 Å². The number of halogens is 1. The Morgan fingerprint density at radius 3 is 2.61 bits per heavy atom. The molecule has 2 heterocycles. The zero-order valence-corrected chi connectivity index (χ0v) is 13.9. The molecule has 1 aromatic heterocycles. The van der Waals surface area contributed by atoms with Gasteiger partial charge in [0.15, 0.2) is 5.76 Å². The lowest BCUT2D eigenvalue weighted by atomic mass is 10.2. The second-order valence-electron chi connectivity index (χ2n) is 5.58. The van der Waals surface area contributed by atoms with E-state index in [-0.39, 0.29) is 6.03 Å². The van der Waals surface area contributed by atoms with Crippen molar-refractivity contribution in [2.45, 2.75) is 13.8 Å². The van der Waals surface area contributed by atoms with Crippen LogP contribution in [0.3, 0.4) is 0 Å². The number of benzene rings is 1. The van der Waals surface area contributed by atoms with Gasteiger partial charge in [0.25, 0.3) is 0 Å². The summed E-state index contributed by atoms with van der Waals surface area (Å²) in [6.45, 7) is 6.45. The lowest BCUT2D eigenvalue weighted by molar-refractivity contribution is 0.208. The topological polar surface area (TPSA) is 61.6 Å². The first-order valence-corrected chi connectivity index (χ1v) is 7.91. The molecule has 0 atom stereocenters. The van der Waals surface area contributed by atoms with E-state index in [0.29, 0.717) is 30.2 Å². The number of aryl methyl sites for hydroxylation is 2. The lowest BCUT2D eigenvalue weighted by Crippen LogP contribution is -2.50. The van der Waals surface area contributed by atoms with E-state index in [1.165, 1.54) is 0 Å². The number of hydrogen-bond donors (Lipinski definition) is 1. The molecule has 0 bridgehead atoms. The zero-order valence-electron chi connectivity index (χ0n) is 13.2. The largest absolute Gasteiger partial charge is 0.368 e. The van der Waals surface area contributed by atoms with Gasteiger partial charge >= 0.3 is 6.03 Å². The molecule has 1 N–H and O–H groups in total. The first-order valence-electron chi connectivity index (χ1n) is 7.54. The van der Waals surface area contributed by atoms with Crippen molar-refractivity contribution in [2.75, 3.05) is 36.4 Å². The van der Waals surface area contributed by atoms with Crippen LogP contribution < -0.4 is 10.2 Å². The van der Waals surface area contributed by atoms with Crippen LogP contribution in [0.25, 0.3) is 0 Å². The summed E-state index contributed by atoms with van der Waals surface area (Å²) in [6, 6.07) is 7.66.